The highest BCUT2D eigenvalue weighted by Gasteiger charge is 2.24. The third kappa shape index (κ3) is 4.92. The number of methoxy groups -OCH3 is 2. The van der Waals surface area contributed by atoms with Gasteiger partial charge in [-0.15, -0.1) is 24.8 Å². The van der Waals surface area contributed by atoms with E-state index >= 15 is 0 Å². The van der Waals surface area contributed by atoms with Gasteiger partial charge in [-0.1, -0.05) is 6.07 Å². The molecule has 0 unspecified atom stereocenters. The van der Waals surface area contributed by atoms with Gasteiger partial charge in [0, 0.05) is 37.8 Å². The smallest absolute Gasteiger partial charge is 0.127 e. The highest BCUT2D eigenvalue weighted by Crippen LogP contribution is 2.34. The van der Waals surface area contributed by atoms with Gasteiger partial charge in [0.05, 0.1) is 32.8 Å². The zero-order valence-corrected chi connectivity index (χ0v) is 14.5. The van der Waals surface area contributed by atoms with E-state index in [2.05, 4.69) is 16.3 Å². The number of benzene rings is 1. The number of halogens is 2. The van der Waals surface area contributed by atoms with E-state index in [0.29, 0.717) is 6.42 Å². The molecule has 0 aromatic heterocycles. The summed E-state index contributed by atoms with van der Waals surface area (Å²) in [6.45, 7) is 3.81. The highest BCUT2D eigenvalue weighted by atomic mass is 35.5. The van der Waals surface area contributed by atoms with Crippen LogP contribution in [0.5, 0.6) is 11.5 Å². The summed E-state index contributed by atoms with van der Waals surface area (Å²) in [5.41, 5.74) is 1.05. The molecule has 1 aliphatic heterocycles. The topological polar surface area (TPSA) is 57.5 Å². The van der Waals surface area contributed by atoms with Gasteiger partial charge in [0.15, 0.2) is 0 Å². The number of nitriles is 1. The Morgan fingerprint density at radius 1 is 1.23 bits per heavy atom. The second-order valence-electron chi connectivity index (χ2n) is 4.77. The van der Waals surface area contributed by atoms with Crippen LogP contribution in [0.15, 0.2) is 18.2 Å². The monoisotopic (exact) mass is 347 g/mol. The van der Waals surface area contributed by atoms with Crippen molar-refractivity contribution < 1.29 is 9.47 Å². The number of nitrogens with one attached hydrogen (secondary N) is 1. The Morgan fingerprint density at radius 2 is 1.91 bits per heavy atom. The fourth-order valence-electron chi connectivity index (χ4n) is 2.61. The van der Waals surface area contributed by atoms with Gasteiger partial charge in [-0.25, -0.2) is 0 Å². The lowest BCUT2D eigenvalue weighted by Crippen LogP contribution is -2.45. The van der Waals surface area contributed by atoms with Gasteiger partial charge in [0.1, 0.15) is 11.5 Å². The molecule has 7 heteroatoms. The molecular weight excluding hydrogens is 325 g/mol. The van der Waals surface area contributed by atoms with E-state index in [1.807, 2.05) is 18.2 Å². The minimum Gasteiger partial charge on any atom is -0.497 e. The van der Waals surface area contributed by atoms with Crippen molar-refractivity contribution in [1.82, 2.24) is 10.2 Å². The van der Waals surface area contributed by atoms with E-state index < -0.39 is 0 Å². The summed E-state index contributed by atoms with van der Waals surface area (Å²) in [7, 11) is 3.29. The first kappa shape index (κ1) is 20.8. The minimum atomic E-state index is 0. The lowest BCUT2D eigenvalue weighted by molar-refractivity contribution is 0.172. The number of piperazine rings is 1. The molecule has 22 heavy (non-hydrogen) atoms. The first-order valence-corrected chi connectivity index (χ1v) is 6.83. The van der Waals surface area contributed by atoms with Crippen LogP contribution in [-0.2, 0) is 0 Å². The molecule has 1 atom stereocenters. The van der Waals surface area contributed by atoms with Crippen LogP contribution in [0.2, 0.25) is 0 Å². The van der Waals surface area contributed by atoms with Crippen molar-refractivity contribution in [3.63, 3.8) is 0 Å². The number of hydrogen-bond donors (Lipinski definition) is 1. The van der Waals surface area contributed by atoms with Crippen molar-refractivity contribution in [2.24, 2.45) is 0 Å². The minimum absolute atomic E-state index is 0. The summed E-state index contributed by atoms with van der Waals surface area (Å²) < 4.78 is 10.7. The maximum atomic E-state index is 9.14. The average molecular weight is 348 g/mol. The van der Waals surface area contributed by atoms with Crippen LogP contribution in [0.3, 0.4) is 0 Å². The summed E-state index contributed by atoms with van der Waals surface area (Å²) in [4.78, 5) is 2.34. The standard InChI is InChI=1S/C15H21N3O2.2ClH/c1-19-12-3-4-13(15(11-12)20-2)14(5-6-16)18-9-7-17-8-10-18;;/h3-4,11,14,17H,5,7-10H2,1-2H3;2*1H/t14-;;/m0../s1. The SMILES string of the molecule is COc1ccc([C@H](CC#N)N2CCNCC2)c(OC)c1.Cl.Cl. The molecule has 5 nitrogen and oxygen atoms in total. The van der Waals surface area contributed by atoms with Gasteiger partial charge in [-0.3, -0.25) is 4.90 Å². The molecule has 1 aromatic rings. The molecule has 0 spiro atoms. The van der Waals surface area contributed by atoms with E-state index in [4.69, 9.17) is 14.7 Å². The molecule has 124 valence electrons. The number of ether oxygens (including phenoxy) is 2. The van der Waals surface area contributed by atoms with Crippen molar-refractivity contribution in [1.29, 1.82) is 5.26 Å². The van der Waals surface area contributed by atoms with Gasteiger partial charge in [-0.05, 0) is 6.07 Å². The van der Waals surface area contributed by atoms with E-state index in [0.717, 1.165) is 43.2 Å². The summed E-state index contributed by atoms with van der Waals surface area (Å²) in [5.74, 6) is 1.55. The summed E-state index contributed by atoms with van der Waals surface area (Å²) in [5, 5.41) is 12.5. The fourth-order valence-corrected chi connectivity index (χ4v) is 2.61. The van der Waals surface area contributed by atoms with E-state index in [9.17, 15) is 0 Å². The van der Waals surface area contributed by atoms with E-state index in [1.165, 1.54) is 0 Å². The van der Waals surface area contributed by atoms with Gasteiger partial charge >= 0.3 is 0 Å². The normalized spacial score (nSPS) is 15.7. The van der Waals surface area contributed by atoms with Crippen LogP contribution in [0, 0.1) is 11.3 Å². The van der Waals surface area contributed by atoms with Crippen LogP contribution < -0.4 is 14.8 Å². The molecule has 2 rings (SSSR count). The Balaban J connectivity index is 0.00000220. The molecule has 0 amide bonds. The van der Waals surface area contributed by atoms with Crippen LogP contribution in [0.25, 0.3) is 0 Å². The molecule has 1 aromatic carbocycles. The van der Waals surface area contributed by atoms with Crippen LogP contribution in [0.1, 0.15) is 18.0 Å². The van der Waals surface area contributed by atoms with Crippen molar-refractivity contribution in [2.75, 3.05) is 40.4 Å². The summed E-state index contributed by atoms with van der Waals surface area (Å²) in [6, 6.07) is 8.17. The van der Waals surface area contributed by atoms with Gasteiger partial charge in [-0.2, -0.15) is 5.26 Å². The third-order valence-corrected chi connectivity index (χ3v) is 3.68. The average Bonchev–Trinajstić information content (AvgIpc) is 2.53. The van der Waals surface area contributed by atoms with E-state index in [-0.39, 0.29) is 30.9 Å². The Bertz CT molecular complexity index is 488. The third-order valence-electron chi connectivity index (χ3n) is 3.68. The van der Waals surface area contributed by atoms with Crippen molar-refractivity contribution >= 4 is 24.8 Å². The molecule has 1 saturated heterocycles. The number of nitrogens with zero attached hydrogens (tertiary/aromatic N) is 2. The quantitative estimate of drug-likeness (QED) is 0.886. The lowest BCUT2D eigenvalue weighted by Gasteiger charge is -2.34. The van der Waals surface area contributed by atoms with Crippen molar-refractivity contribution in [2.45, 2.75) is 12.5 Å². The van der Waals surface area contributed by atoms with Crippen LogP contribution in [-0.4, -0.2) is 45.3 Å². The van der Waals surface area contributed by atoms with E-state index in [1.54, 1.807) is 14.2 Å². The molecule has 0 bridgehead atoms. The van der Waals surface area contributed by atoms with Crippen LogP contribution in [0.4, 0.5) is 0 Å². The van der Waals surface area contributed by atoms with Crippen molar-refractivity contribution in [3.05, 3.63) is 23.8 Å². The van der Waals surface area contributed by atoms with Gasteiger partial charge in [0.2, 0.25) is 0 Å². The highest BCUT2D eigenvalue weighted by molar-refractivity contribution is 5.85. The Hall–Kier alpha value is -1.19. The Kier molecular flexibility index (Phi) is 9.95. The molecular formula is C15H23Cl2N3O2. The predicted octanol–water partition coefficient (Wildman–Crippen LogP) is 2.41. The van der Waals surface area contributed by atoms with Crippen LogP contribution >= 0.6 is 24.8 Å². The predicted molar refractivity (Wildman–Crippen MR) is 91.5 cm³/mol. The number of rotatable bonds is 5. The Labute approximate surface area is 144 Å². The zero-order chi connectivity index (χ0) is 14.4. The summed E-state index contributed by atoms with van der Waals surface area (Å²) >= 11 is 0. The van der Waals surface area contributed by atoms with Crippen molar-refractivity contribution in [3.8, 4) is 17.6 Å². The van der Waals surface area contributed by atoms with Gasteiger partial charge in [0.25, 0.3) is 0 Å². The zero-order valence-electron chi connectivity index (χ0n) is 12.9. The first-order chi connectivity index (χ1) is 9.80. The second-order valence-corrected chi connectivity index (χ2v) is 4.77. The first-order valence-electron chi connectivity index (χ1n) is 6.83. The molecule has 1 fully saturated rings. The summed E-state index contributed by atoms with van der Waals surface area (Å²) in [6.07, 6.45) is 0.461. The molecule has 1 N–H and O–H groups in total. The maximum Gasteiger partial charge on any atom is 0.127 e. The number of hydrogen-bond acceptors (Lipinski definition) is 5. The fraction of sp³-hybridized carbons (Fsp3) is 0.533. The molecule has 1 aliphatic rings. The van der Waals surface area contributed by atoms with Gasteiger partial charge < -0.3 is 14.8 Å². The maximum absolute atomic E-state index is 9.14. The second kappa shape index (κ2) is 10.5. The Morgan fingerprint density at radius 3 is 2.45 bits per heavy atom. The molecule has 0 saturated carbocycles. The lowest BCUT2D eigenvalue weighted by atomic mass is 10.0. The molecule has 0 aliphatic carbocycles. The largest absolute Gasteiger partial charge is 0.497 e. The molecule has 0 radical (unpaired) electrons. The molecule has 1 heterocycles.